The van der Waals surface area contributed by atoms with Gasteiger partial charge >= 0.3 is 0 Å². The van der Waals surface area contributed by atoms with Crippen molar-refractivity contribution >= 4 is 29.1 Å². The molecule has 1 saturated carbocycles. The van der Waals surface area contributed by atoms with Gasteiger partial charge in [0.15, 0.2) is 0 Å². The standard InChI is InChI=1S/C18H24Cl2N2O2/c19-14-3-4-17(16(20)11-14)24-10-7-18(23)22-8-5-15(6-9-22)21-12-13-1-2-13/h3-4,11,13,15,21H,1-2,5-10,12H2. The number of hydrogen-bond donors (Lipinski definition) is 1. The highest BCUT2D eigenvalue weighted by molar-refractivity contribution is 6.35. The largest absolute Gasteiger partial charge is 0.491 e. The normalized spacial score (nSPS) is 18.7. The van der Waals surface area contributed by atoms with Gasteiger partial charge in [-0.2, -0.15) is 0 Å². The summed E-state index contributed by atoms with van der Waals surface area (Å²) in [5.41, 5.74) is 0. The Morgan fingerprint density at radius 3 is 2.62 bits per heavy atom. The van der Waals surface area contributed by atoms with Crippen LogP contribution in [0.4, 0.5) is 0 Å². The number of piperidine rings is 1. The number of benzene rings is 1. The summed E-state index contributed by atoms with van der Waals surface area (Å²) in [6.07, 6.45) is 5.22. The van der Waals surface area contributed by atoms with E-state index in [1.165, 1.54) is 12.8 Å². The predicted molar refractivity (Wildman–Crippen MR) is 96.9 cm³/mol. The third-order valence-electron chi connectivity index (χ3n) is 4.71. The highest BCUT2D eigenvalue weighted by atomic mass is 35.5. The van der Waals surface area contributed by atoms with Crippen LogP contribution in [0.25, 0.3) is 0 Å². The highest BCUT2D eigenvalue weighted by Gasteiger charge is 2.25. The molecule has 1 N–H and O–H groups in total. The number of amides is 1. The number of carbonyl (C=O) groups excluding carboxylic acids is 1. The first-order valence-corrected chi connectivity index (χ1v) is 9.46. The van der Waals surface area contributed by atoms with E-state index in [1.54, 1.807) is 18.2 Å². The van der Waals surface area contributed by atoms with Gasteiger partial charge in [0.2, 0.25) is 5.91 Å². The highest BCUT2D eigenvalue weighted by Crippen LogP contribution is 2.28. The van der Waals surface area contributed by atoms with Gasteiger partial charge in [-0.3, -0.25) is 4.79 Å². The molecule has 3 rings (SSSR count). The van der Waals surface area contributed by atoms with Crippen molar-refractivity contribution in [2.45, 2.75) is 38.1 Å². The second kappa shape index (κ2) is 8.41. The molecule has 0 unspecified atom stereocenters. The second-order valence-electron chi connectivity index (χ2n) is 6.68. The number of hydrogen-bond acceptors (Lipinski definition) is 3. The Balaban J connectivity index is 1.34. The van der Waals surface area contributed by atoms with E-state index in [-0.39, 0.29) is 5.91 Å². The molecule has 1 heterocycles. The van der Waals surface area contributed by atoms with Crippen molar-refractivity contribution in [1.82, 2.24) is 10.2 Å². The van der Waals surface area contributed by atoms with Crippen molar-refractivity contribution in [3.05, 3.63) is 28.2 Å². The van der Waals surface area contributed by atoms with Crippen molar-refractivity contribution in [3.8, 4) is 5.75 Å². The Bertz CT molecular complexity index is 570. The zero-order valence-electron chi connectivity index (χ0n) is 13.8. The van der Waals surface area contributed by atoms with E-state index in [2.05, 4.69) is 5.32 Å². The number of carbonyl (C=O) groups is 1. The van der Waals surface area contributed by atoms with Gasteiger partial charge in [-0.05, 0) is 56.3 Å². The van der Waals surface area contributed by atoms with Gasteiger partial charge in [0, 0.05) is 24.2 Å². The molecule has 1 aliphatic heterocycles. The van der Waals surface area contributed by atoms with Gasteiger partial charge in [-0.25, -0.2) is 0 Å². The van der Waals surface area contributed by atoms with Crippen LogP contribution in [0.3, 0.4) is 0 Å². The van der Waals surface area contributed by atoms with Crippen LogP contribution in [-0.4, -0.2) is 43.1 Å². The minimum absolute atomic E-state index is 0.153. The Morgan fingerprint density at radius 2 is 1.96 bits per heavy atom. The molecular formula is C18H24Cl2N2O2. The van der Waals surface area contributed by atoms with Gasteiger partial charge in [0.25, 0.3) is 0 Å². The fourth-order valence-electron chi connectivity index (χ4n) is 2.99. The summed E-state index contributed by atoms with van der Waals surface area (Å²) in [4.78, 5) is 14.2. The number of ether oxygens (including phenoxy) is 1. The minimum atomic E-state index is 0.153. The molecule has 1 aromatic rings. The summed E-state index contributed by atoms with van der Waals surface area (Å²) < 4.78 is 5.60. The molecule has 4 nitrogen and oxygen atoms in total. The molecule has 1 amide bonds. The fraction of sp³-hybridized carbons (Fsp3) is 0.611. The average Bonchev–Trinajstić information content (AvgIpc) is 3.40. The van der Waals surface area contributed by atoms with Crippen LogP contribution in [0.15, 0.2) is 18.2 Å². The summed E-state index contributed by atoms with van der Waals surface area (Å²) in [7, 11) is 0. The van der Waals surface area contributed by atoms with Gasteiger partial charge < -0.3 is 15.0 Å². The molecule has 1 saturated heterocycles. The number of rotatable bonds is 7. The van der Waals surface area contributed by atoms with Crippen LogP contribution < -0.4 is 10.1 Å². The van der Waals surface area contributed by atoms with Gasteiger partial charge in [-0.1, -0.05) is 23.2 Å². The van der Waals surface area contributed by atoms with Crippen LogP contribution in [-0.2, 0) is 4.79 Å². The second-order valence-corrected chi connectivity index (χ2v) is 7.52. The van der Waals surface area contributed by atoms with Crippen molar-refractivity contribution in [3.63, 3.8) is 0 Å². The first-order chi connectivity index (χ1) is 11.6. The summed E-state index contributed by atoms with van der Waals surface area (Å²) in [6, 6.07) is 5.66. The first-order valence-electron chi connectivity index (χ1n) is 8.71. The van der Waals surface area contributed by atoms with Gasteiger partial charge in [0.05, 0.1) is 18.1 Å². The number of nitrogens with zero attached hydrogens (tertiary/aromatic N) is 1. The molecule has 0 aromatic heterocycles. The molecule has 132 valence electrons. The van der Waals surface area contributed by atoms with Gasteiger partial charge in [0.1, 0.15) is 5.75 Å². The lowest BCUT2D eigenvalue weighted by Crippen LogP contribution is -2.45. The Hall–Kier alpha value is -0.970. The molecule has 2 aliphatic rings. The topological polar surface area (TPSA) is 41.6 Å². The smallest absolute Gasteiger partial charge is 0.225 e. The van der Waals surface area contributed by atoms with Crippen molar-refractivity contribution < 1.29 is 9.53 Å². The van der Waals surface area contributed by atoms with Gasteiger partial charge in [-0.15, -0.1) is 0 Å². The van der Waals surface area contributed by atoms with Crippen molar-refractivity contribution in [1.29, 1.82) is 0 Å². The zero-order chi connectivity index (χ0) is 16.9. The molecule has 6 heteroatoms. The number of nitrogens with one attached hydrogen (secondary N) is 1. The van der Waals surface area contributed by atoms with Crippen LogP contribution >= 0.6 is 23.2 Å². The maximum absolute atomic E-state index is 12.3. The number of halogens is 2. The molecule has 1 aromatic carbocycles. The van der Waals surface area contributed by atoms with Crippen LogP contribution in [0.1, 0.15) is 32.1 Å². The van der Waals surface area contributed by atoms with Crippen LogP contribution in [0, 0.1) is 5.92 Å². The van der Waals surface area contributed by atoms with E-state index < -0.39 is 0 Å². The number of likely N-dealkylation sites (tertiary alicyclic amines) is 1. The third-order valence-corrected chi connectivity index (χ3v) is 5.24. The third kappa shape index (κ3) is 5.27. The minimum Gasteiger partial charge on any atom is -0.491 e. The molecular weight excluding hydrogens is 347 g/mol. The van der Waals surface area contributed by atoms with Crippen LogP contribution in [0.2, 0.25) is 10.0 Å². The Morgan fingerprint density at radius 1 is 1.21 bits per heavy atom. The first kappa shape index (κ1) is 17.8. The zero-order valence-corrected chi connectivity index (χ0v) is 15.3. The van der Waals surface area contributed by atoms with Crippen LogP contribution in [0.5, 0.6) is 5.75 Å². The summed E-state index contributed by atoms with van der Waals surface area (Å²) >= 11 is 11.9. The van der Waals surface area contributed by atoms with Crippen molar-refractivity contribution in [2.24, 2.45) is 5.92 Å². The van der Waals surface area contributed by atoms with E-state index in [0.29, 0.717) is 34.9 Å². The Kier molecular flexibility index (Phi) is 6.25. The lowest BCUT2D eigenvalue weighted by molar-refractivity contribution is -0.132. The lowest BCUT2D eigenvalue weighted by Gasteiger charge is -2.32. The fourth-order valence-corrected chi connectivity index (χ4v) is 3.45. The van der Waals surface area contributed by atoms with Crippen molar-refractivity contribution in [2.75, 3.05) is 26.2 Å². The molecule has 0 atom stereocenters. The monoisotopic (exact) mass is 370 g/mol. The Labute approximate surface area is 153 Å². The molecule has 24 heavy (non-hydrogen) atoms. The molecule has 1 aliphatic carbocycles. The maximum atomic E-state index is 12.3. The molecule has 0 radical (unpaired) electrons. The quantitative estimate of drug-likeness (QED) is 0.794. The summed E-state index contributed by atoms with van der Waals surface area (Å²) in [6.45, 7) is 3.15. The summed E-state index contributed by atoms with van der Waals surface area (Å²) in [5, 5.41) is 4.67. The van der Waals surface area contributed by atoms with E-state index in [4.69, 9.17) is 27.9 Å². The predicted octanol–water partition coefficient (Wildman–Crippen LogP) is 3.75. The van der Waals surface area contributed by atoms with E-state index in [0.717, 1.165) is 38.4 Å². The molecule has 0 bridgehead atoms. The maximum Gasteiger partial charge on any atom is 0.225 e. The lowest BCUT2D eigenvalue weighted by atomic mass is 10.0. The SMILES string of the molecule is O=C(CCOc1ccc(Cl)cc1Cl)N1CCC(NCC2CC2)CC1. The van der Waals surface area contributed by atoms with E-state index in [9.17, 15) is 4.79 Å². The van der Waals surface area contributed by atoms with E-state index >= 15 is 0 Å². The van der Waals surface area contributed by atoms with E-state index in [1.807, 2.05) is 4.90 Å². The molecule has 0 spiro atoms. The molecule has 2 fully saturated rings. The summed E-state index contributed by atoms with van der Waals surface area (Å²) in [5.74, 6) is 1.62. The average molecular weight is 371 g/mol.